The van der Waals surface area contributed by atoms with Gasteiger partial charge in [-0.15, -0.1) is 0 Å². The molecule has 92 valence electrons. The molecule has 1 saturated carbocycles. The maximum atomic E-state index is 13.7. The minimum Gasteiger partial charge on any atom is -0.389 e. The van der Waals surface area contributed by atoms with Crippen LogP contribution in [0.2, 0.25) is 0 Å². The lowest BCUT2D eigenvalue weighted by Gasteiger charge is -2.09. The van der Waals surface area contributed by atoms with Gasteiger partial charge in [0, 0.05) is 12.1 Å². The summed E-state index contributed by atoms with van der Waals surface area (Å²) < 4.78 is 13.7. The van der Waals surface area contributed by atoms with Gasteiger partial charge >= 0.3 is 0 Å². The summed E-state index contributed by atoms with van der Waals surface area (Å²) in [5.41, 5.74) is 6.94. The SMILES string of the molecule is CC1(C)CC1CNc1ccc(C(N)=S)cc1F. The van der Waals surface area contributed by atoms with Gasteiger partial charge in [0.2, 0.25) is 0 Å². The summed E-state index contributed by atoms with van der Waals surface area (Å²) >= 11 is 4.80. The fourth-order valence-corrected chi connectivity index (χ4v) is 2.10. The number of anilines is 1. The molecule has 4 heteroatoms. The molecule has 0 amide bonds. The molecule has 0 heterocycles. The summed E-state index contributed by atoms with van der Waals surface area (Å²) in [7, 11) is 0. The molecule has 2 rings (SSSR count). The Morgan fingerprint density at radius 2 is 2.24 bits per heavy atom. The van der Waals surface area contributed by atoms with Gasteiger partial charge in [0.25, 0.3) is 0 Å². The van der Waals surface area contributed by atoms with Crippen molar-refractivity contribution in [2.45, 2.75) is 20.3 Å². The van der Waals surface area contributed by atoms with Gasteiger partial charge in [-0.25, -0.2) is 4.39 Å². The third-order valence-corrected chi connectivity index (χ3v) is 3.75. The molecule has 3 N–H and O–H groups in total. The summed E-state index contributed by atoms with van der Waals surface area (Å²) in [6.45, 7) is 5.27. The van der Waals surface area contributed by atoms with E-state index in [4.69, 9.17) is 18.0 Å². The second-order valence-electron chi connectivity index (χ2n) is 5.33. The second-order valence-corrected chi connectivity index (χ2v) is 5.77. The number of rotatable bonds is 4. The van der Waals surface area contributed by atoms with Crippen molar-refractivity contribution < 1.29 is 4.39 Å². The van der Waals surface area contributed by atoms with Crippen LogP contribution >= 0.6 is 12.2 Å². The molecule has 1 fully saturated rings. The monoisotopic (exact) mass is 252 g/mol. The molecule has 0 saturated heterocycles. The fraction of sp³-hybridized carbons (Fsp3) is 0.462. The quantitative estimate of drug-likeness (QED) is 0.809. The number of nitrogens with two attached hydrogens (primary N) is 1. The Bertz CT molecular complexity index is 457. The van der Waals surface area contributed by atoms with E-state index in [-0.39, 0.29) is 10.8 Å². The van der Waals surface area contributed by atoms with Crippen LogP contribution < -0.4 is 11.1 Å². The lowest BCUT2D eigenvalue weighted by Crippen LogP contribution is -2.12. The Labute approximate surface area is 106 Å². The molecule has 0 aromatic heterocycles. The molecule has 1 atom stereocenters. The molecule has 1 aromatic carbocycles. The molecular weight excluding hydrogens is 235 g/mol. The summed E-state index contributed by atoms with van der Waals surface area (Å²) in [6.07, 6.45) is 1.20. The molecule has 0 bridgehead atoms. The molecule has 17 heavy (non-hydrogen) atoms. The van der Waals surface area contributed by atoms with Crippen LogP contribution in [0.5, 0.6) is 0 Å². The maximum absolute atomic E-state index is 13.7. The number of thiocarbonyl (C=S) groups is 1. The van der Waals surface area contributed by atoms with Crippen LogP contribution in [-0.4, -0.2) is 11.5 Å². The van der Waals surface area contributed by atoms with Crippen LogP contribution in [0.4, 0.5) is 10.1 Å². The summed E-state index contributed by atoms with van der Waals surface area (Å²) in [4.78, 5) is 0.221. The standard InChI is InChI=1S/C13H17FN2S/c1-13(2)6-9(13)7-16-11-4-3-8(12(15)17)5-10(11)14/h3-5,9,16H,6-7H2,1-2H3,(H2,15,17). The van der Waals surface area contributed by atoms with Crippen LogP contribution in [-0.2, 0) is 0 Å². The van der Waals surface area contributed by atoms with E-state index >= 15 is 0 Å². The Kier molecular flexibility index (Phi) is 3.08. The number of halogens is 1. The Morgan fingerprint density at radius 3 is 2.71 bits per heavy atom. The molecule has 1 unspecified atom stereocenters. The highest BCUT2D eigenvalue weighted by molar-refractivity contribution is 7.80. The maximum Gasteiger partial charge on any atom is 0.146 e. The molecule has 0 radical (unpaired) electrons. The first-order valence-corrected chi connectivity index (χ1v) is 6.14. The lowest BCUT2D eigenvalue weighted by atomic mass is 10.1. The number of benzene rings is 1. The van der Waals surface area contributed by atoms with E-state index in [0.717, 1.165) is 6.54 Å². The zero-order valence-electron chi connectivity index (χ0n) is 10.1. The summed E-state index contributed by atoms with van der Waals surface area (Å²) in [5.74, 6) is 0.339. The van der Waals surface area contributed by atoms with Crippen LogP contribution in [0.1, 0.15) is 25.8 Å². The number of nitrogens with one attached hydrogen (secondary N) is 1. The number of hydrogen-bond acceptors (Lipinski definition) is 2. The van der Waals surface area contributed by atoms with Crippen molar-refractivity contribution in [3.05, 3.63) is 29.6 Å². The summed E-state index contributed by atoms with van der Waals surface area (Å²) in [5, 5.41) is 3.14. The normalized spacial score (nSPS) is 21.0. The third kappa shape index (κ3) is 2.75. The van der Waals surface area contributed by atoms with E-state index in [1.807, 2.05) is 0 Å². The zero-order chi connectivity index (χ0) is 12.6. The van der Waals surface area contributed by atoms with Crippen molar-refractivity contribution in [2.75, 3.05) is 11.9 Å². The zero-order valence-corrected chi connectivity index (χ0v) is 10.9. The molecule has 0 aliphatic heterocycles. The van der Waals surface area contributed by atoms with Crippen molar-refractivity contribution in [1.29, 1.82) is 0 Å². The minimum absolute atomic E-state index is 0.221. The minimum atomic E-state index is -0.297. The van der Waals surface area contributed by atoms with Gasteiger partial charge in [-0.2, -0.15) is 0 Å². The van der Waals surface area contributed by atoms with Gasteiger partial charge in [-0.3, -0.25) is 0 Å². The second kappa shape index (κ2) is 4.26. The predicted molar refractivity (Wildman–Crippen MR) is 72.7 cm³/mol. The van der Waals surface area contributed by atoms with Crippen molar-refractivity contribution in [2.24, 2.45) is 17.1 Å². The van der Waals surface area contributed by atoms with Crippen LogP contribution in [0.25, 0.3) is 0 Å². The van der Waals surface area contributed by atoms with Crippen LogP contribution in [0, 0.1) is 17.2 Å². The lowest BCUT2D eigenvalue weighted by molar-refractivity contribution is 0.570. The van der Waals surface area contributed by atoms with Gasteiger partial charge < -0.3 is 11.1 Å². The molecular formula is C13H17FN2S. The van der Waals surface area contributed by atoms with Gasteiger partial charge in [-0.1, -0.05) is 26.1 Å². The first-order valence-electron chi connectivity index (χ1n) is 5.73. The van der Waals surface area contributed by atoms with Gasteiger partial charge in [0.05, 0.1) is 5.69 Å². The third-order valence-electron chi connectivity index (χ3n) is 3.51. The van der Waals surface area contributed by atoms with Crippen molar-refractivity contribution in [3.8, 4) is 0 Å². The van der Waals surface area contributed by atoms with Crippen molar-refractivity contribution >= 4 is 22.9 Å². The van der Waals surface area contributed by atoms with E-state index in [1.54, 1.807) is 12.1 Å². The Hall–Kier alpha value is -1.16. The largest absolute Gasteiger partial charge is 0.389 e. The highest BCUT2D eigenvalue weighted by Gasteiger charge is 2.44. The smallest absolute Gasteiger partial charge is 0.146 e. The average molecular weight is 252 g/mol. The van der Waals surface area contributed by atoms with Gasteiger partial charge in [0.1, 0.15) is 10.8 Å². The van der Waals surface area contributed by atoms with Crippen LogP contribution in [0.15, 0.2) is 18.2 Å². The first kappa shape index (κ1) is 12.3. The summed E-state index contributed by atoms with van der Waals surface area (Å²) in [6, 6.07) is 4.81. The Morgan fingerprint density at radius 1 is 1.59 bits per heavy atom. The molecule has 0 spiro atoms. The molecule has 1 aromatic rings. The van der Waals surface area contributed by atoms with E-state index in [1.165, 1.54) is 12.5 Å². The van der Waals surface area contributed by atoms with Crippen molar-refractivity contribution in [1.82, 2.24) is 0 Å². The van der Waals surface area contributed by atoms with E-state index in [9.17, 15) is 4.39 Å². The number of hydrogen-bond donors (Lipinski definition) is 2. The molecule has 2 nitrogen and oxygen atoms in total. The molecule has 1 aliphatic rings. The average Bonchev–Trinajstić information content (AvgIpc) is 2.84. The van der Waals surface area contributed by atoms with Gasteiger partial charge in [0.15, 0.2) is 0 Å². The Balaban J connectivity index is 2.00. The highest BCUT2D eigenvalue weighted by atomic mass is 32.1. The van der Waals surface area contributed by atoms with E-state index in [0.29, 0.717) is 22.6 Å². The van der Waals surface area contributed by atoms with E-state index in [2.05, 4.69) is 19.2 Å². The van der Waals surface area contributed by atoms with Gasteiger partial charge in [-0.05, 0) is 36.0 Å². The first-order chi connectivity index (χ1) is 7.90. The molecule has 1 aliphatic carbocycles. The van der Waals surface area contributed by atoms with Crippen LogP contribution in [0.3, 0.4) is 0 Å². The fourth-order valence-electron chi connectivity index (χ4n) is 1.97. The van der Waals surface area contributed by atoms with E-state index < -0.39 is 0 Å². The predicted octanol–water partition coefficient (Wildman–Crippen LogP) is 2.92. The highest BCUT2D eigenvalue weighted by Crippen LogP contribution is 2.51. The topological polar surface area (TPSA) is 38.0 Å². The van der Waals surface area contributed by atoms with Crippen molar-refractivity contribution in [3.63, 3.8) is 0 Å².